The third-order valence-corrected chi connectivity index (χ3v) is 5.13. The van der Waals surface area contributed by atoms with E-state index >= 15 is 0 Å². The maximum Gasteiger partial charge on any atom is 0.0186 e. The standard InChI is InChI=1S/C14H20BrNS/c15-12-7-4-8-13(9-12)17-10-14(16)11-5-2-1-3-6-11/h4,7-9,11,14H,1-3,5-6,10,16H2. The molecule has 0 aliphatic heterocycles. The Balaban J connectivity index is 1.80. The molecule has 0 saturated heterocycles. The number of benzene rings is 1. The van der Waals surface area contributed by atoms with Crippen molar-refractivity contribution in [2.45, 2.75) is 43.0 Å². The molecule has 2 rings (SSSR count). The van der Waals surface area contributed by atoms with Crippen molar-refractivity contribution >= 4 is 27.7 Å². The molecule has 1 aromatic rings. The van der Waals surface area contributed by atoms with Crippen molar-refractivity contribution in [1.29, 1.82) is 0 Å². The highest BCUT2D eigenvalue weighted by Crippen LogP contribution is 2.29. The summed E-state index contributed by atoms with van der Waals surface area (Å²) in [5.41, 5.74) is 6.30. The first-order valence-electron chi connectivity index (χ1n) is 6.39. The van der Waals surface area contributed by atoms with Gasteiger partial charge in [0, 0.05) is 21.2 Å². The second kappa shape index (κ2) is 6.81. The highest BCUT2D eigenvalue weighted by molar-refractivity contribution is 9.10. The van der Waals surface area contributed by atoms with Gasteiger partial charge in [0.2, 0.25) is 0 Å². The summed E-state index contributed by atoms with van der Waals surface area (Å²) >= 11 is 5.38. The molecule has 94 valence electrons. The summed E-state index contributed by atoms with van der Waals surface area (Å²) in [5.74, 6) is 1.80. The van der Waals surface area contributed by atoms with Gasteiger partial charge < -0.3 is 5.73 Å². The quantitative estimate of drug-likeness (QED) is 0.831. The molecular formula is C14H20BrNS. The third-order valence-electron chi connectivity index (χ3n) is 3.49. The summed E-state index contributed by atoms with van der Waals surface area (Å²) in [7, 11) is 0. The second-order valence-corrected chi connectivity index (χ2v) is 6.84. The van der Waals surface area contributed by atoms with Gasteiger partial charge in [0.05, 0.1) is 0 Å². The van der Waals surface area contributed by atoms with Crippen LogP contribution in [-0.2, 0) is 0 Å². The van der Waals surface area contributed by atoms with E-state index < -0.39 is 0 Å². The molecule has 3 heteroatoms. The summed E-state index contributed by atoms with van der Waals surface area (Å²) in [5, 5.41) is 0. The molecule has 1 atom stereocenters. The monoisotopic (exact) mass is 313 g/mol. The number of hydrogen-bond donors (Lipinski definition) is 1. The van der Waals surface area contributed by atoms with Crippen molar-refractivity contribution < 1.29 is 0 Å². The first-order chi connectivity index (χ1) is 8.25. The topological polar surface area (TPSA) is 26.0 Å². The van der Waals surface area contributed by atoms with Crippen LogP contribution in [0.1, 0.15) is 32.1 Å². The van der Waals surface area contributed by atoms with Gasteiger partial charge in [-0.05, 0) is 37.0 Å². The fourth-order valence-corrected chi connectivity index (χ4v) is 4.04. The third kappa shape index (κ3) is 4.31. The lowest BCUT2D eigenvalue weighted by atomic mass is 9.85. The van der Waals surface area contributed by atoms with Gasteiger partial charge in [0.25, 0.3) is 0 Å². The average molecular weight is 314 g/mol. The van der Waals surface area contributed by atoms with Crippen molar-refractivity contribution in [1.82, 2.24) is 0 Å². The Hall–Kier alpha value is 0.01000. The fourth-order valence-electron chi connectivity index (χ4n) is 2.45. The van der Waals surface area contributed by atoms with E-state index in [1.807, 2.05) is 11.8 Å². The molecule has 1 saturated carbocycles. The maximum absolute atomic E-state index is 6.30. The Kier molecular flexibility index (Phi) is 5.39. The first kappa shape index (κ1) is 13.4. The number of nitrogens with two attached hydrogens (primary N) is 1. The first-order valence-corrected chi connectivity index (χ1v) is 8.17. The van der Waals surface area contributed by atoms with E-state index in [-0.39, 0.29) is 0 Å². The van der Waals surface area contributed by atoms with Crippen LogP contribution in [0.2, 0.25) is 0 Å². The number of hydrogen-bond acceptors (Lipinski definition) is 2. The molecule has 0 heterocycles. The van der Waals surface area contributed by atoms with Gasteiger partial charge in [-0.2, -0.15) is 0 Å². The lowest BCUT2D eigenvalue weighted by Crippen LogP contribution is -2.33. The molecule has 17 heavy (non-hydrogen) atoms. The zero-order valence-corrected chi connectivity index (χ0v) is 12.5. The van der Waals surface area contributed by atoms with Crippen molar-refractivity contribution in [2.75, 3.05) is 5.75 Å². The Morgan fingerprint density at radius 1 is 1.29 bits per heavy atom. The molecule has 0 bridgehead atoms. The van der Waals surface area contributed by atoms with E-state index in [0.29, 0.717) is 6.04 Å². The van der Waals surface area contributed by atoms with Crippen LogP contribution in [0, 0.1) is 5.92 Å². The SMILES string of the molecule is NC(CSc1cccc(Br)c1)C1CCCCC1. The van der Waals surface area contributed by atoms with Crippen molar-refractivity contribution in [3.05, 3.63) is 28.7 Å². The predicted molar refractivity (Wildman–Crippen MR) is 79.4 cm³/mol. The Labute approximate surface area is 117 Å². The number of halogens is 1. The van der Waals surface area contributed by atoms with E-state index in [9.17, 15) is 0 Å². The van der Waals surface area contributed by atoms with Crippen LogP contribution >= 0.6 is 27.7 Å². The summed E-state index contributed by atoms with van der Waals surface area (Å²) in [6.07, 6.45) is 6.82. The lowest BCUT2D eigenvalue weighted by molar-refractivity contribution is 0.319. The molecule has 1 fully saturated rings. The number of thioether (sulfide) groups is 1. The molecular weight excluding hydrogens is 294 g/mol. The normalized spacial score (nSPS) is 19.2. The molecule has 0 radical (unpaired) electrons. The highest BCUT2D eigenvalue weighted by atomic mass is 79.9. The molecule has 1 aliphatic carbocycles. The van der Waals surface area contributed by atoms with Gasteiger partial charge in [-0.3, -0.25) is 0 Å². The maximum atomic E-state index is 6.30. The van der Waals surface area contributed by atoms with Crippen LogP contribution in [0.4, 0.5) is 0 Å². The van der Waals surface area contributed by atoms with Gasteiger partial charge >= 0.3 is 0 Å². The minimum Gasteiger partial charge on any atom is -0.327 e. The smallest absolute Gasteiger partial charge is 0.0186 e. The number of rotatable bonds is 4. The minimum atomic E-state index is 0.360. The van der Waals surface area contributed by atoms with Crippen LogP contribution in [0.3, 0.4) is 0 Å². The van der Waals surface area contributed by atoms with Crippen LogP contribution in [0.5, 0.6) is 0 Å². The molecule has 1 aliphatic rings. The second-order valence-electron chi connectivity index (χ2n) is 4.83. The lowest BCUT2D eigenvalue weighted by Gasteiger charge is -2.27. The van der Waals surface area contributed by atoms with Crippen molar-refractivity contribution in [2.24, 2.45) is 11.7 Å². The van der Waals surface area contributed by atoms with E-state index in [2.05, 4.69) is 40.2 Å². The van der Waals surface area contributed by atoms with Gasteiger partial charge in [-0.15, -0.1) is 11.8 Å². The fraction of sp³-hybridized carbons (Fsp3) is 0.571. The van der Waals surface area contributed by atoms with Crippen LogP contribution < -0.4 is 5.73 Å². The Morgan fingerprint density at radius 2 is 2.06 bits per heavy atom. The summed E-state index contributed by atoms with van der Waals surface area (Å²) in [6, 6.07) is 8.82. The minimum absolute atomic E-state index is 0.360. The Morgan fingerprint density at radius 3 is 2.76 bits per heavy atom. The predicted octanol–water partition coefficient (Wildman–Crippen LogP) is 4.45. The van der Waals surface area contributed by atoms with Crippen LogP contribution in [-0.4, -0.2) is 11.8 Å². The zero-order valence-electron chi connectivity index (χ0n) is 10.1. The highest BCUT2D eigenvalue weighted by Gasteiger charge is 2.20. The van der Waals surface area contributed by atoms with E-state index in [4.69, 9.17) is 5.73 Å². The summed E-state index contributed by atoms with van der Waals surface area (Å²) in [6.45, 7) is 0. The molecule has 0 aromatic heterocycles. The van der Waals surface area contributed by atoms with Crippen LogP contribution in [0.15, 0.2) is 33.6 Å². The van der Waals surface area contributed by atoms with E-state index in [0.717, 1.165) is 16.1 Å². The molecule has 0 spiro atoms. The van der Waals surface area contributed by atoms with Gasteiger partial charge in [0.15, 0.2) is 0 Å². The van der Waals surface area contributed by atoms with Crippen LogP contribution in [0.25, 0.3) is 0 Å². The Bertz CT molecular complexity index is 350. The molecule has 1 nitrogen and oxygen atoms in total. The van der Waals surface area contributed by atoms with Gasteiger partial charge in [0.1, 0.15) is 0 Å². The van der Waals surface area contributed by atoms with E-state index in [1.165, 1.54) is 37.0 Å². The summed E-state index contributed by atoms with van der Waals surface area (Å²) in [4.78, 5) is 1.31. The van der Waals surface area contributed by atoms with Gasteiger partial charge in [-0.1, -0.05) is 41.3 Å². The largest absolute Gasteiger partial charge is 0.327 e. The summed E-state index contributed by atoms with van der Waals surface area (Å²) < 4.78 is 1.15. The zero-order chi connectivity index (χ0) is 12.1. The molecule has 0 amide bonds. The molecule has 2 N–H and O–H groups in total. The van der Waals surface area contributed by atoms with Crippen molar-refractivity contribution in [3.8, 4) is 0 Å². The van der Waals surface area contributed by atoms with Crippen molar-refractivity contribution in [3.63, 3.8) is 0 Å². The van der Waals surface area contributed by atoms with Gasteiger partial charge in [-0.25, -0.2) is 0 Å². The van der Waals surface area contributed by atoms with E-state index in [1.54, 1.807) is 0 Å². The molecule has 1 unspecified atom stereocenters. The average Bonchev–Trinajstić information content (AvgIpc) is 2.37. The molecule has 1 aromatic carbocycles.